The van der Waals surface area contributed by atoms with Gasteiger partial charge in [-0.15, -0.1) is 0 Å². The smallest absolute Gasteiger partial charge is 0.254 e. The van der Waals surface area contributed by atoms with Gasteiger partial charge in [0, 0.05) is 57.0 Å². The Morgan fingerprint density at radius 3 is 2.21 bits per heavy atom. The summed E-state index contributed by atoms with van der Waals surface area (Å²) in [6.07, 6.45) is 0.399. The molecule has 3 atom stereocenters. The van der Waals surface area contributed by atoms with Gasteiger partial charge in [-0.3, -0.25) is 9.59 Å². The van der Waals surface area contributed by atoms with Crippen LogP contribution >= 0.6 is 0 Å². The van der Waals surface area contributed by atoms with Gasteiger partial charge in [-0.25, -0.2) is 13.2 Å². The Hall–Kier alpha value is -2.87. The van der Waals surface area contributed by atoms with E-state index >= 15 is 0 Å². The van der Waals surface area contributed by atoms with Gasteiger partial charge in [-0.1, -0.05) is 30.3 Å². The molecule has 8 heteroatoms. The van der Waals surface area contributed by atoms with Crippen LogP contribution in [0.2, 0.25) is 0 Å². The summed E-state index contributed by atoms with van der Waals surface area (Å²) in [6, 6.07) is 11.8. The molecular formula is C31H38F3N3O2. The minimum Gasteiger partial charge on any atom is -0.349 e. The van der Waals surface area contributed by atoms with Gasteiger partial charge in [0.15, 0.2) is 0 Å². The highest BCUT2D eigenvalue weighted by Gasteiger charge is 2.42. The summed E-state index contributed by atoms with van der Waals surface area (Å²) < 4.78 is 41.2. The summed E-state index contributed by atoms with van der Waals surface area (Å²) in [6.45, 7) is 7.92. The van der Waals surface area contributed by atoms with Crippen LogP contribution < -0.4 is 5.32 Å². The quantitative estimate of drug-likeness (QED) is 0.502. The van der Waals surface area contributed by atoms with E-state index in [9.17, 15) is 22.8 Å². The predicted octanol–water partition coefficient (Wildman–Crippen LogP) is 5.52. The molecule has 0 bridgehead atoms. The highest BCUT2D eigenvalue weighted by Crippen LogP contribution is 2.37. The van der Waals surface area contributed by atoms with Crippen LogP contribution in [0.5, 0.6) is 0 Å². The van der Waals surface area contributed by atoms with Crippen LogP contribution in [0.4, 0.5) is 13.2 Å². The molecule has 5 rings (SSSR count). The molecule has 0 aromatic heterocycles. The standard InChI is InChI=1S/C31H38F3N3O2/c1-20-5-3-6-21(2)28(20)30(39)37-18-24-16-36(17-25(24)19-37)14-11-27(23-7-4-8-26(32)15-23)35-29(38)22-9-12-31(33,34)13-10-22/h3-8,15,22,24-25,27H,9-14,16-19H2,1-2H3,(H,35,38)/t24?,25?,27-/m0/s1. The summed E-state index contributed by atoms with van der Waals surface area (Å²) in [5.74, 6) is -2.79. The van der Waals surface area contributed by atoms with Crippen molar-refractivity contribution in [3.63, 3.8) is 0 Å². The molecule has 210 valence electrons. The highest BCUT2D eigenvalue weighted by atomic mass is 19.3. The van der Waals surface area contributed by atoms with E-state index in [0.29, 0.717) is 23.8 Å². The molecule has 2 amide bonds. The van der Waals surface area contributed by atoms with Crippen molar-refractivity contribution in [1.82, 2.24) is 15.1 Å². The Morgan fingerprint density at radius 1 is 0.974 bits per heavy atom. The summed E-state index contributed by atoms with van der Waals surface area (Å²) in [5.41, 5.74) is 3.51. The average Bonchev–Trinajstić information content (AvgIpc) is 3.45. The Labute approximate surface area is 228 Å². The molecule has 2 heterocycles. The molecule has 3 fully saturated rings. The van der Waals surface area contributed by atoms with Crippen molar-refractivity contribution in [1.29, 1.82) is 0 Å². The number of fused-ring (bicyclic) bond motifs is 1. The first-order valence-corrected chi connectivity index (χ1v) is 14.1. The first-order chi connectivity index (χ1) is 18.6. The summed E-state index contributed by atoms with van der Waals surface area (Å²) in [5, 5.41) is 3.05. The second-order valence-corrected chi connectivity index (χ2v) is 11.8. The number of likely N-dealkylation sites (tertiary alicyclic amines) is 2. The van der Waals surface area contributed by atoms with Crippen molar-refractivity contribution < 1.29 is 22.8 Å². The molecule has 1 aliphatic carbocycles. The van der Waals surface area contributed by atoms with E-state index in [2.05, 4.69) is 10.2 Å². The van der Waals surface area contributed by atoms with Gasteiger partial charge in [0.05, 0.1) is 6.04 Å². The zero-order valence-corrected chi connectivity index (χ0v) is 22.8. The van der Waals surface area contributed by atoms with Gasteiger partial charge < -0.3 is 15.1 Å². The van der Waals surface area contributed by atoms with Gasteiger partial charge in [0.2, 0.25) is 11.8 Å². The number of hydrogen-bond donors (Lipinski definition) is 1. The predicted molar refractivity (Wildman–Crippen MR) is 144 cm³/mol. The average molecular weight is 542 g/mol. The lowest BCUT2D eigenvalue weighted by Crippen LogP contribution is -2.39. The molecule has 39 heavy (non-hydrogen) atoms. The molecule has 2 aromatic carbocycles. The molecule has 3 aliphatic rings. The number of alkyl halides is 2. The van der Waals surface area contributed by atoms with Crippen LogP contribution in [0, 0.1) is 37.4 Å². The lowest BCUT2D eigenvalue weighted by atomic mass is 9.86. The van der Waals surface area contributed by atoms with Gasteiger partial charge in [0.1, 0.15) is 5.82 Å². The molecule has 0 radical (unpaired) electrons. The van der Waals surface area contributed by atoms with Crippen LogP contribution in [-0.2, 0) is 4.79 Å². The summed E-state index contributed by atoms with van der Waals surface area (Å²) in [7, 11) is 0. The van der Waals surface area contributed by atoms with Crippen molar-refractivity contribution in [3.05, 3.63) is 70.5 Å². The minimum absolute atomic E-state index is 0.112. The Bertz CT molecular complexity index is 1180. The number of carbonyl (C=O) groups excluding carboxylic acids is 2. The molecule has 1 saturated carbocycles. The first-order valence-electron chi connectivity index (χ1n) is 14.1. The maximum absolute atomic E-state index is 14.0. The van der Waals surface area contributed by atoms with Crippen molar-refractivity contribution >= 4 is 11.8 Å². The number of benzene rings is 2. The number of amides is 2. The largest absolute Gasteiger partial charge is 0.349 e. The fourth-order valence-corrected chi connectivity index (χ4v) is 6.70. The van der Waals surface area contributed by atoms with Crippen molar-refractivity contribution in [2.45, 2.75) is 57.9 Å². The van der Waals surface area contributed by atoms with E-state index in [-0.39, 0.29) is 43.3 Å². The van der Waals surface area contributed by atoms with Crippen molar-refractivity contribution in [2.24, 2.45) is 17.8 Å². The zero-order valence-electron chi connectivity index (χ0n) is 22.8. The van der Waals surface area contributed by atoms with Gasteiger partial charge in [-0.2, -0.15) is 0 Å². The molecule has 5 nitrogen and oxygen atoms in total. The summed E-state index contributed by atoms with van der Waals surface area (Å²) in [4.78, 5) is 30.6. The van der Waals surface area contributed by atoms with E-state index in [1.165, 1.54) is 12.1 Å². The van der Waals surface area contributed by atoms with E-state index in [1.54, 1.807) is 12.1 Å². The lowest BCUT2D eigenvalue weighted by molar-refractivity contribution is -0.130. The number of halogens is 3. The number of nitrogens with one attached hydrogen (secondary N) is 1. The van der Waals surface area contributed by atoms with E-state index < -0.39 is 17.9 Å². The van der Waals surface area contributed by atoms with Crippen LogP contribution in [0.25, 0.3) is 0 Å². The third-order valence-corrected chi connectivity index (χ3v) is 8.93. The molecule has 2 aliphatic heterocycles. The molecule has 2 saturated heterocycles. The fourth-order valence-electron chi connectivity index (χ4n) is 6.70. The second-order valence-electron chi connectivity index (χ2n) is 11.8. The molecule has 0 spiro atoms. The van der Waals surface area contributed by atoms with Crippen LogP contribution in [0.15, 0.2) is 42.5 Å². The zero-order chi connectivity index (χ0) is 27.7. The summed E-state index contributed by atoms with van der Waals surface area (Å²) >= 11 is 0. The van der Waals surface area contributed by atoms with Gasteiger partial charge >= 0.3 is 0 Å². The number of hydrogen-bond acceptors (Lipinski definition) is 3. The molecular weight excluding hydrogens is 503 g/mol. The molecule has 2 aromatic rings. The van der Waals surface area contributed by atoms with Crippen LogP contribution in [0.1, 0.15) is 65.2 Å². The number of rotatable bonds is 7. The Morgan fingerprint density at radius 2 is 1.59 bits per heavy atom. The maximum atomic E-state index is 14.0. The van der Waals surface area contributed by atoms with Crippen LogP contribution in [0.3, 0.4) is 0 Å². The lowest BCUT2D eigenvalue weighted by Gasteiger charge is -2.30. The van der Waals surface area contributed by atoms with E-state index in [1.807, 2.05) is 36.9 Å². The fraction of sp³-hybridized carbons (Fsp3) is 0.548. The monoisotopic (exact) mass is 541 g/mol. The number of carbonyl (C=O) groups is 2. The van der Waals surface area contributed by atoms with Crippen LogP contribution in [-0.4, -0.2) is 60.3 Å². The highest BCUT2D eigenvalue weighted by molar-refractivity contribution is 5.97. The van der Waals surface area contributed by atoms with E-state index in [0.717, 1.165) is 49.4 Å². The van der Waals surface area contributed by atoms with E-state index in [4.69, 9.17) is 0 Å². The van der Waals surface area contributed by atoms with Gasteiger partial charge in [0.25, 0.3) is 5.91 Å². The first kappa shape index (κ1) is 27.7. The number of aryl methyl sites for hydroxylation is 2. The topological polar surface area (TPSA) is 52.7 Å². The minimum atomic E-state index is -2.69. The molecule has 2 unspecified atom stereocenters. The maximum Gasteiger partial charge on any atom is 0.254 e. The third kappa shape index (κ3) is 6.32. The third-order valence-electron chi connectivity index (χ3n) is 8.93. The van der Waals surface area contributed by atoms with Gasteiger partial charge in [-0.05, 0) is 73.8 Å². The van der Waals surface area contributed by atoms with Crippen molar-refractivity contribution in [3.8, 4) is 0 Å². The normalized spacial score (nSPS) is 24.0. The molecule has 1 N–H and O–H groups in total. The van der Waals surface area contributed by atoms with Crippen molar-refractivity contribution in [2.75, 3.05) is 32.7 Å². The Kier molecular flexibility index (Phi) is 8.04. The SMILES string of the molecule is Cc1cccc(C)c1C(=O)N1CC2CN(CC[C@H](NC(=O)C3CCC(F)(F)CC3)c3cccc(F)c3)CC2C1. The number of nitrogens with zero attached hydrogens (tertiary/aromatic N) is 2. The second kappa shape index (κ2) is 11.3. The Balaban J connectivity index is 1.18.